The maximum absolute atomic E-state index is 12.2. The van der Waals surface area contributed by atoms with Crippen molar-refractivity contribution in [2.24, 2.45) is 0 Å². The number of nitrogens with one attached hydrogen (secondary N) is 1. The lowest BCUT2D eigenvalue weighted by atomic mass is 10.00. The van der Waals surface area contributed by atoms with Crippen LogP contribution in [-0.4, -0.2) is 10.9 Å². The summed E-state index contributed by atoms with van der Waals surface area (Å²) in [7, 11) is 0. The van der Waals surface area contributed by atoms with Gasteiger partial charge in [0.2, 0.25) is 0 Å². The molecule has 2 aromatic heterocycles. The number of carbonyl (C=O) groups excluding carboxylic acids is 1. The summed E-state index contributed by atoms with van der Waals surface area (Å²) in [6.07, 6.45) is 9.19. The summed E-state index contributed by atoms with van der Waals surface area (Å²) < 4.78 is 0. The number of hydrogen-bond acceptors (Lipinski definition) is 4. The topological polar surface area (TPSA) is 42.0 Å². The molecule has 2 heterocycles. The van der Waals surface area contributed by atoms with Crippen molar-refractivity contribution in [3.63, 3.8) is 0 Å². The van der Waals surface area contributed by atoms with Crippen LogP contribution >= 0.6 is 22.7 Å². The molecule has 1 aliphatic rings. The van der Waals surface area contributed by atoms with Crippen LogP contribution < -0.4 is 5.32 Å². The average molecular weight is 306 g/mol. The van der Waals surface area contributed by atoms with Crippen LogP contribution in [-0.2, 0) is 19.4 Å². The van der Waals surface area contributed by atoms with Crippen molar-refractivity contribution in [1.82, 2.24) is 10.3 Å². The van der Waals surface area contributed by atoms with Gasteiger partial charge in [0.15, 0.2) is 0 Å². The molecule has 3 rings (SSSR count). The van der Waals surface area contributed by atoms with Gasteiger partial charge in [0, 0.05) is 16.5 Å². The quantitative estimate of drug-likeness (QED) is 0.937. The molecule has 0 aromatic carbocycles. The number of amides is 1. The van der Waals surface area contributed by atoms with Crippen molar-refractivity contribution >= 4 is 28.6 Å². The highest BCUT2D eigenvalue weighted by Gasteiger charge is 2.15. The second-order valence-electron chi connectivity index (χ2n) is 5.08. The van der Waals surface area contributed by atoms with Gasteiger partial charge in [-0.3, -0.25) is 4.79 Å². The third kappa shape index (κ3) is 3.27. The van der Waals surface area contributed by atoms with Crippen LogP contribution in [0.2, 0.25) is 0 Å². The van der Waals surface area contributed by atoms with Crippen molar-refractivity contribution in [3.05, 3.63) is 38.0 Å². The Kier molecular flexibility index (Phi) is 4.47. The van der Waals surface area contributed by atoms with Crippen LogP contribution in [0.1, 0.15) is 50.8 Å². The molecular formula is C15H18N2OS2. The first-order valence-corrected chi connectivity index (χ1v) is 8.81. The standard InChI is InChI=1S/C15H18N2OS2/c18-15(17-10-14-16-7-8-19-14)13-9-11-5-3-1-2-4-6-12(11)20-13/h7-9H,1-6,10H2,(H,17,18). The zero-order valence-corrected chi connectivity index (χ0v) is 13.0. The lowest BCUT2D eigenvalue weighted by molar-refractivity contribution is 0.0955. The fraction of sp³-hybridized carbons (Fsp3) is 0.467. The first-order valence-electron chi connectivity index (χ1n) is 7.11. The maximum Gasteiger partial charge on any atom is 0.261 e. The molecule has 5 heteroatoms. The minimum absolute atomic E-state index is 0.0388. The van der Waals surface area contributed by atoms with E-state index in [1.807, 2.05) is 5.38 Å². The fourth-order valence-electron chi connectivity index (χ4n) is 2.54. The predicted molar refractivity (Wildman–Crippen MR) is 83.5 cm³/mol. The van der Waals surface area contributed by atoms with Gasteiger partial charge in [-0.05, 0) is 37.3 Å². The Hall–Kier alpha value is -1.20. The van der Waals surface area contributed by atoms with Crippen LogP contribution in [0.4, 0.5) is 0 Å². The summed E-state index contributed by atoms with van der Waals surface area (Å²) in [6.45, 7) is 0.527. The minimum atomic E-state index is 0.0388. The lowest BCUT2D eigenvalue weighted by Gasteiger charge is -2.07. The van der Waals surface area contributed by atoms with E-state index in [4.69, 9.17) is 0 Å². The first kappa shape index (κ1) is 13.8. The highest BCUT2D eigenvalue weighted by molar-refractivity contribution is 7.14. The summed E-state index contributed by atoms with van der Waals surface area (Å²) in [6, 6.07) is 2.10. The smallest absolute Gasteiger partial charge is 0.261 e. The third-order valence-corrected chi connectivity index (χ3v) is 5.62. The molecule has 0 spiro atoms. The Bertz CT molecular complexity index is 549. The highest BCUT2D eigenvalue weighted by Crippen LogP contribution is 2.28. The van der Waals surface area contributed by atoms with Gasteiger partial charge in [-0.15, -0.1) is 22.7 Å². The summed E-state index contributed by atoms with van der Waals surface area (Å²) in [5.41, 5.74) is 1.40. The van der Waals surface area contributed by atoms with Crippen molar-refractivity contribution in [2.75, 3.05) is 0 Å². The zero-order valence-electron chi connectivity index (χ0n) is 11.4. The molecule has 2 aromatic rings. The molecule has 20 heavy (non-hydrogen) atoms. The molecule has 0 unspecified atom stereocenters. The molecule has 0 saturated carbocycles. The SMILES string of the molecule is O=C(NCc1nccs1)c1cc2c(s1)CCCCCC2. The molecule has 0 fully saturated rings. The minimum Gasteiger partial charge on any atom is -0.345 e. The summed E-state index contributed by atoms with van der Waals surface area (Å²) >= 11 is 3.24. The second-order valence-corrected chi connectivity index (χ2v) is 7.20. The van der Waals surface area contributed by atoms with Gasteiger partial charge in [0.1, 0.15) is 5.01 Å². The van der Waals surface area contributed by atoms with E-state index in [0.717, 1.165) is 22.7 Å². The second kappa shape index (κ2) is 6.50. The van der Waals surface area contributed by atoms with Crippen molar-refractivity contribution in [2.45, 2.75) is 45.1 Å². The summed E-state index contributed by atoms with van der Waals surface area (Å²) in [4.78, 5) is 18.7. The maximum atomic E-state index is 12.2. The number of aromatic nitrogens is 1. The predicted octanol–water partition coefficient (Wildman–Crippen LogP) is 3.79. The Labute approximate surface area is 127 Å². The van der Waals surface area contributed by atoms with Crippen LogP contribution in [0.3, 0.4) is 0 Å². The van der Waals surface area contributed by atoms with Gasteiger partial charge in [-0.1, -0.05) is 12.8 Å². The molecule has 3 nitrogen and oxygen atoms in total. The molecule has 0 atom stereocenters. The van der Waals surface area contributed by atoms with E-state index in [1.165, 1.54) is 36.1 Å². The average Bonchev–Trinajstić information content (AvgIpc) is 3.06. The van der Waals surface area contributed by atoms with E-state index in [2.05, 4.69) is 16.4 Å². The summed E-state index contributed by atoms with van der Waals surface area (Å²) in [5, 5.41) is 5.84. The fourth-order valence-corrected chi connectivity index (χ4v) is 4.27. The van der Waals surface area contributed by atoms with Gasteiger partial charge in [-0.2, -0.15) is 0 Å². The number of aryl methyl sites for hydroxylation is 2. The number of hydrogen-bond donors (Lipinski definition) is 1. The molecule has 106 valence electrons. The number of fused-ring (bicyclic) bond motifs is 1. The molecule has 1 amide bonds. The number of thiazole rings is 1. The van der Waals surface area contributed by atoms with Crippen molar-refractivity contribution < 1.29 is 4.79 Å². The van der Waals surface area contributed by atoms with E-state index >= 15 is 0 Å². The van der Waals surface area contributed by atoms with Crippen molar-refractivity contribution in [1.29, 1.82) is 0 Å². The Morgan fingerprint density at radius 1 is 1.25 bits per heavy atom. The van der Waals surface area contributed by atoms with Crippen LogP contribution in [0.5, 0.6) is 0 Å². The number of carbonyl (C=O) groups is 1. The number of thiophene rings is 1. The molecule has 0 saturated heterocycles. The normalized spacial score (nSPS) is 15.2. The zero-order chi connectivity index (χ0) is 13.8. The van der Waals surface area contributed by atoms with Gasteiger partial charge in [-0.25, -0.2) is 4.98 Å². The van der Waals surface area contributed by atoms with Crippen LogP contribution in [0.25, 0.3) is 0 Å². The molecule has 1 N–H and O–H groups in total. The molecule has 0 radical (unpaired) electrons. The van der Waals surface area contributed by atoms with Gasteiger partial charge < -0.3 is 5.32 Å². The van der Waals surface area contributed by atoms with E-state index in [9.17, 15) is 4.79 Å². The third-order valence-electron chi connectivity index (χ3n) is 3.60. The molecular weight excluding hydrogens is 288 g/mol. The van der Waals surface area contributed by atoms with Crippen LogP contribution in [0, 0.1) is 0 Å². The van der Waals surface area contributed by atoms with E-state index in [1.54, 1.807) is 28.9 Å². The van der Waals surface area contributed by atoms with E-state index < -0.39 is 0 Å². The Balaban J connectivity index is 1.67. The van der Waals surface area contributed by atoms with Gasteiger partial charge in [0.25, 0.3) is 5.91 Å². The summed E-state index contributed by atoms with van der Waals surface area (Å²) in [5.74, 6) is 0.0388. The van der Waals surface area contributed by atoms with Gasteiger partial charge in [0.05, 0.1) is 11.4 Å². The number of rotatable bonds is 3. The monoisotopic (exact) mass is 306 g/mol. The first-order chi connectivity index (χ1) is 9.83. The number of nitrogens with zero attached hydrogens (tertiary/aromatic N) is 1. The molecule has 0 aliphatic heterocycles. The largest absolute Gasteiger partial charge is 0.345 e. The Morgan fingerprint density at radius 2 is 2.10 bits per heavy atom. The van der Waals surface area contributed by atoms with Crippen molar-refractivity contribution in [3.8, 4) is 0 Å². The van der Waals surface area contributed by atoms with Gasteiger partial charge >= 0.3 is 0 Å². The lowest BCUT2D eigenvalue weighted by Crippen LogP contribution is -2.21. The van der Waals surface area contributed by atoms with E-state index in [-0.39, 0.29) is 5.91 Å². The van der Waals surface area contributed by atoms with Crippen LogP contribution in [0.15, 0.2) is 17.6 Å². The Morgan fingerprint density at radius 3 is 2.90 bits per heavy atom. The van der Waals surface area contributed by atoms with E-state index in [0.29, 0.717) is 6.54 Å². The molecule has 1 aliphatic carbocycles. The highest BCUT2D eigenvalue weighted by atomic mass is 32.1. The molecule has 0 bridgehead atoms.